The molecule has 0 fully saturated rings. The summed E-state index contributed by atoms with van der Waals surface area (Å²) in [7, 11) is 0. The first-order chi connectivity index (χ1) is 5.63. The molecule has 4 heteroatoms. The third-order valence-electron chi connectivity index (χ3n) is 1.53. The lowest BCUT2D eigenvalue weighted by molar-refractivity contribution is -0.144. The van der Waals surface area contributed by atoms with Crippen LogP contribution < -0.4 is 0 Å². The molecule has 0 bridgehead atoms. The third kappa shape index (κ3) is 1.78. The first-order valence-electron chi connectivity index (χ1n) is 3.50. The van der Waals surface area contributed by atoms with Gasteiger partial charge in [0, 0.05) is 12.5 Å². The maximum atomic E-state index is 10.8. The molecule has 4 nitrogen and oxygen atoms in total. The fraction of sp³-hybridized carbons (Fsp3) is 0.375. The predicted molar refractivity (Wildman–Crippen MR) is 39.3 cm³/mol. The van der Waals surface area contributed by atoms with Crippen LogP contribution in [-0.2, 0) is 19.1 Å². The number of aldehydes is 1. The molecule has 0 aromatic heterocycles. The van der Waals surface area contributed by atoms with E-state index in [0.29, 0.717) is 6.29 Å². The lowest BCUT2D eigenvalue weighted by Gasteiger charge is -2.09. The Morgan fingerprint density at radius 1 is 1.75 bits per heavy atom. The molecule has 0 spiro atoms. The Morgan fingerprint density at radius 2 is 2.42 bits per heavy atom. The summed E-state index contributed by atoms with van der Waals surface area (Å²) in [6, 6.07) is 0. The molecule has 0 radical (unpaired) electrons. The SMILES string of the molecule is CC(=O)O[C@H]1CC(=O)C=C1C=O. The Balaban J connectivity index is 2.68. The average molecular weight is 168 g/mol. The predicted octanol–water partition coefficient (Wildman–Crippen LogP) is 0.0162. The number of carbonyl (C=O) groups is 3. The molecule has 1 atom stereocenters. The van der Waals surface area contributed by atoms with Gasteiger partial charge in [0.2, 0.25) is 0 Å². The van der Waals surface area contributed by atoms with Crippen molar-refractivity contribution in [3.05, 3.63) is 11.6 Å². The summed E-state index contributed by atoms with van der Waals surface area (Å²) < 4.78 is 4.73. The van der Waals surface area contributed by atoms with E-state index in [9.17, 15) is 14.4 Å². The fourth-order valence-electron chi connectivity index (χ4n) is 1.06. The Kier molecular flexibility index (Phi) is 2.38. The lowest BCUT2D eigenvalue weighted by Crippen LogP contribution is -2.17. The Labute approximate surface area is 69.2 Å². The summed E-state index contributed by atoms with van der Waals surface area (Å²) in [6.45, 7) is 1.24. The van der Waals surface area contributed by atoms with Gasteiger partial charge in [-0.1, -0.05) is 0 Å². The second-order valence-electron chi connectivity index (χ2n) is 2.53. The van der Waals surface area contributed by atoms with E-state index < -0.39 is 12.1 Å². The molecule has 0 saturated carbocycles. The van der Waals surface area contributed by atoms with Crippen molar-refractivity contribution in [3.63, 3.8) is 0 Å². The normalized spacial score (nSPS) is 21.9. The number of carbonyl (C=O) groups excluding carboxylic acids is 3. The Bertz CT molecular complexity index is 264. The van der Waals surface area contributed by atoms with Crippen molar-refractivity contribution in [1.82, 2.24) is 0 Å². The topological polar surface area (TPSA) is 60.4 Å². The van der Waals surface area contributed by atoms with Crippen molar-refractivity contribution in [1.29, 1.82) is 0 Å². The number of rotatable bonds is 2. The van der Waals surface area contributed by atoms with Crippen LogP contribution in [0.1, 0.15) is 13.3 Å². The van der Waals surface area contributed by atoms with Crippen molar-refractivity contribution < 1.29 is 19.1 Å². The number of allylic oxidation sites excluding steroid dienone is 1. The number of hydrogen-bond acceptors (Lipinski definition) is 4. The van der Waals surface area contributed by atoms with Gasteiger partial charge in [-0.2, -0.15) is 0 Å². The molecular weight excluding hydrogens is 160 g/mol. The maximum absolute atomic E-state index is 10.8. The van der Waals surface area contributed by atoms with Crippen LogP contribution in [0.2, 0.25) is 0 Å². The van der Waals surface area contributed by atoms with E-state index in [0.717, 1.165) is 0 Å². The van der Waals surface area contributed by atoms with Gasteiger partial charge in [-0.15, -0.1) is 0 Å². The van der Waals surface area contributed by atoms with Crippen molar-refractivity contribution in [2.75, 3.05) is 0 Å². The van der Waals surface area contributed by atoms with E-state index in [1.54, 1.807) is 0 Å². The summed E-state index contributed by atoms with van der Waals surface area (Å²) in [4.78, 5) is 31.6. The van der Waals surface area contributed by atoms with Crippen LogP contribution in [0.25, 0.3) is 0 Å². The zero-order valence-electron chi connectivity index (χ0n) is 6.57. The zero-order chi connectivity index (χ0) is 9.14. The molecule has 0 saturated heterocycles. The number of ether oxygens (including phenoxy) is 1. The molecule has 1 aliphatic carbocycles. The number of hydrogen-bond donors (Lipinski definition) is 0. The van der Waals surface area contributed by atoms with Crippen LogP contribution in [-0.4, -0.2) is 24.1 Å². The number of ketones is 1. The molecular formula is C8H8O4. The molecule has 12 heavy (non-hydrogen) atoms. The van der Waals surface area contributed by atoms with E-state index >= 15 is 0 Å². The van der Waals surface area contributed by atoms with Gasteiger partial charge in [0.05, 0.1) is 6.42 Å². The van der Waals surface area contributed by atoms with Crippen LogP contribution in [0.15, 0.2) is 11.6 Å². The van der Waals surface area contributed by atoms with Gasteiger partial charge in [-0.3, -0.25) is 14.4 Å². The summed E-state index contributed by atoms with van der Waals surface area (Å²) in [5, 5.41) is 0. The summed E-state index contributed by atoms with van der Waals surface area (Å²) >= 11 is 0. The second kappa shape index (κ2) is 3.30. The van der Waals surface area contributed by atoms with Crippen LogP contribution >= 0.6 is 0 Å². The Hall–Kier alpha value is -1.45. The van der Waals surface area contributed by atoms with Gasteiger partial charge in [0.15, 0.2) is 5.78 Å². The fourth-order valence-corrected chi connectivity index (χ4v) is 1.06. The summed E-state index contributed by atoms with van der Waals surface area (Å²) in [6.07, 6.45) is 1.18. The van der Waals surface area contributed by atoms with Crippen molar-refractivity contribution in [2.24, 2.45) is 0 Å². The Morgan fingerprint density at radius 3 is 2.92 bits per heavy atom. The zero-order valence-corrected chi connectivity index (χ0v) is 6.57. The first-order valence-corrected chi connectivity index (χ1v) is 3.50. The number of esters is 1. The minimum atomic E-state index is -0.660. The highest BCUT2D eigenvalue weighted by Gasteiger charge is 2.26. The molecule has 1 rings (SSSR count). The van der Waals surface area contributed by atoms with Crippen LogP contribution in [0, 0.1) is 0 Å². The van der Waals surface area contributed by atoms with Gasteiger partial charge < -0.3 is 4.74 Å². The molecule has 0 aromatic carbocycles. The van der Waals surface area contributed by atoms with E-state index in [2.05, 4.69) is 0 Å². The smallest absolute Gasteiger partial charge is 0.303 e. The first kappa shape index (κ1) is 8.64. The maximum Gasteiger partial charge on any atom is 0.303 e. The molecule has 0 aromatic rings. The van der Waals surface area contributed by atoms with Crippen LogP contribution in [0.3, 0.4) is 0 Å². The molecule has 1 aliphatic rings. The van der Waals surface area contributed by atoms with Gasteiger partial charge in [0.25, 0.3) is 0 Å². The standard InChI is InChI=1S/C8H8O4/c1-5(10)12-8-3-7(11)2-6(8)4-9/h2,4,8H,3H2,1H3/t8-/m0/s1. The quantitative estimate of drug-likeness (QED) is 0.430. The third-order valence-corrected chi connectivity index (χ3v) is 1.53. The van der Waals surface area contributed by atoms with Crippen LogP contribution in [0.4, 0.5) is 0 Å². The van der Waals surface area contributed by atoms with Gasteiger partial charge in [-0.05, 0) is 6.08 Å². The van der Waals surface area contributed by atoms with E-state index in [-0.39, 0.29) is 17.8 Å². The molecule has 64 valence electrons. The second-order valence-corrected chi connectivity index (χ2v) is 2.53. The highest BCUT2D eigenvalue weighted by molar-refractivity contribution is 6.00. The highest BCUT2D eigenvalue weighted by atomic mass is 16.5. The largest absolute Gasteiger partial charge is 0.457 e. The molecule has 0 amide bonds. The summed E-state index contributed by atoms with van der Waals surface area (Å²) in [5.41, 5.74) is 0.246. The molecule has 0 N–H and O–H groups in total. The minimum absolute atomic E-state index is 0.0909. The van der Waals surface area contributed by atoms with Gasteiger partial charge >= 0.3 is 5.97 Å². The van der Waals surface area contributed by atoms with E-state index in [1.165, 1.54) is 13.0 Å². The molecule has 0 heterocycles. The minimum Gasteiger partial charge on any atom is -0.457 e. The average Bonchev–Trinajstić information content (AvgIpc) is 2.29. The van der Waals surface area contributed by atoms with Crippen molar-refractivity contribution in [3.8, 4) is 0 Å². The van der Waals surface area contributed by atoms with Crippen molar-refractivity contribution >= 4 is 18.0 Å². The highest BCUT2D eigenvalue weighted by Crippen LogP contribution is 2.17. The van der Waals surface area contributed by atoms with Crippen molar-refractivity contribution in [2.45, 2.75) is 19.4 Å². The van der Waals surface area contributed by atoms with Gasteiger partial charge in [0.1, 0.15) is 12.4 Å². The van der Waals surface area contributed by atoms with E-state index in [1.807, 2.05) is 0 Å². The molecule has 0 aliphatic heterocycles. The molecule has 0 unspecified atom stereocenters. The summed E-state index contributed by atoms with van der Waals surface area (Å²) in [5.74, 6) is -0.661. The monoisotopic (exact) mass is 168 g/mol. The lowest BCUT2D eigenvalue weighted by atomic mass is 10.2. The van der Waals surface area contributed by atoms with Gasteiger partial charge in [-0.25, -0.2) is 0 Å². The van der Waals surface area contributed by atoms with E-state index in [4.69, 9.17) is 4.74 Å². The van der Waals surface area contributed by atoms with Crippen LogP contribution in [0.5, 0.6) is 0 Å².